The van der Waals surface area contributed by atoms with Crippen molar-refractivity contribution in [2.75, 3.05) is 27.4 Å². The van der Waals surface area contributed by atoms with Crippen molar-refractivity contribution in [3.05, 3.63) is 130 Å². The Bertz CT molecular complexity index is 1210. The number of hydrogen-bond acceptors (Lipinski definition) is 4. The van der Waals surface area contributed by atoms with E-state index >= 15 is 0 Å². The van der Waals surface area contributed by atoms with Gasteiger partial charge < -0.3 is 18.9 Å². The Kier molecular flexibility index (Phi) is 7.55. The molecule has 0 saturated carbocycles. The first kappa shape index (κ1) is 26.0. The van der Waals surface area contributed by atoms with Crippen LogP contribution in [0.1, 0.15) is 60.1 Å². The van der Waals surface area contributed by atoms with Crippen LogP contribution in [0.5, 0.6) is 11.5 Å². The highest BCUT2D eigenvalue weighted by Crippen LogP contribution is 2.56. The number of hydrogen-bond donors (Lipinski definition) is 0. The lowest BCUT2D eigenvalue weighted by Gasteiger charge is -2.49. The van der Waals surface area contributed by atoms with E-state index in [9.17, 15) is 0 Å². The zero-order valence-electron chi connectivity index (χ0n) is 22.7. The quantitative estimate of drug-likeness (QED) is 0.223. The van der Waals surface area contributed by atoms with E-state index in [0.717, 1.165) is 57.7 Å². The summed E-state index contributed by atoms with van der Waals surface area (Å²) < 4.78 is 25.0. The molecule has 0 bridgehead atoms. The van der Waals surface area contributed by atoms with Gasteiger partial charge in [-0.1, -0.05) is 86.6 Å². The molecule has 0 unspecified atom stereocenters. The molecule has 0 aliphatic heterocycles. The lowest BCUT2D eigenvalue weighted by molar-refractivity contribution is -0.0233. The number of methoxy groups -OCH3 is 2. The Hall–Kier alpha value is -3.60. The third-order valence-corrected chi connectivity index (χ3v) is 7.41. The Balaban J connectivity index is 1.87. The highest BCUT2D eigenvalue weighted by atomic mass is 16.5. The van der Waals surface area contributed by atoms with Crippen LogP contribution < -0.4 is 9.47 Å². The molecule has 4 heteroatoms. The minimum absolute atomic E-state index is 0.611. The molecule has 196 valence electrons. The van der Waals surface area contributed by atoms with Crippen molar-refractivity contribution in [2.24, 2.45) is 0 Å². The summed E-state index contributed by atoms with van der Waals surface area (Å²) in [7, 11) is 3.38. The topological polar surface area (TPSA) is 36.9 Å². The second-order valence-electron chi connectivity index (χ2n) is 9.61. The van der Waals surface area contributed by atoms with Gasteiger partial charge in [-0.15, -0.1) is 0 Å². The van der Waals surface area contributed by atoms with Gasteiger partial charge in [0.15, 0.2) is 0 Å². The SMILES string of the molecule is CCCOC1(c2ccc(OC)cc2)c2ccccc2C(OCCC)(c2ccc(OC)cc2)c2ccccc21. The van der Waals surface area contributed by atoms with Crippen molar-refractivity contribution in [1.82, 2.24) is 0 Å². The van der Waals surface area contributed by atoms with E-state index in [4.69, 9.17) is 18.9 Å². The fourth-order valence-electron chi connectivity index (χ4n) is 5.75. The highest BCUT2D eigenvalue weighted by Gasteiger charge is 2.53. The molecule has 0 radical (unpaired) electrons. The zero-order chi connectivity index (χ0) is 26.6. The molecule has 5 rings (SSSR count). The molecular weight excluding hydrogens is 472 g/mol. The molecule has 0 saturated heterocycles. The van der Waals surface area contributed by atoms with Crippen LogP contribution in [-0.4, -0.2) is 27.4 Å². The molecule has 38 heavy (non-hydrogen) atoms. The number of fused-ring (bicyclic) bond motifs is 2. The standard InChI is InChI=1S/C34H36O4/c1-5-23-37-33(25-15-19-27(35-3)20-16-25)29-11-7-9-13-31(29)34(38-24-6-2,32-14-10-8-12-30(32)33)26-17-21-28(36-4)22-18-26/h7-22H,5-6,23-24H2,1-4H3. The van der Waals surface area contributed by atoms with Gasteiger partial charge in [-0.25, -0.2) is 0 Å². The minimum Gasteiger partial charge on any atom is -0.497 e. The van der Waals surface area contributed by atoms with E-state index in [1.54, 1.807) is 14.2 Å². The molecule has 0 aromatic heterocycles. The van der Waals surface area contributed by atoms with Crippen LogP contribution in [-0.2, 0) is 20.7 Å². The van der Waals surface area contributed by atoms with Crippen molar-refractivity contribution >= 4 is 0 Å². The fraction of sp³-hybridized carbons (Fsp3) is 0.294. The number of ether oxygens (including phenoxy) is 4. The van der Waals surface area contributed by atoms with Crippen molar-refractivity contribution in [2.45, 2.75) is 37.9 Å². The molecule has 1 aliphatic carbocycles. The van der Waals surface area contributed by atoms with E-state index in [-0.39, 0.29) is 0 Å². The fourth-order valence-corrected chi connectivity index (χ4v) is 5.75. The molecule has 4 aromatic carbocycles. The Morgan fingerprint density at radius 2 is 0.789 bits per heavy atom. The summed E-state index contributed by atoms with van der Waals surface area (Å²) in [5.74, 6) is 1.63. The molecule has 0 fully saturated rings. The van der Waals surface area contributed by atoms with E-state index in [1.807, 2.05) is 24.3 Å². The van der Waals surface area contributed by atoms with E-state index in [1.165, 1.54) is 0 Å². The summed E-state index contributed by atoms with van der Waals surface area (Å²) in [5, 5.41) is 0. The average molecular weight is 509 g/mol. The predicted octanol–water partition coefficient (Wildman–Crippen LogP) is 7.45. The van der Waals surface area contributed by atoms with Crippen molar-refractivity contribution < 1.29 is 18.9 Å². The summed E-state index contributed by atoms with van der Waals surface area (Å²) in [6.45, 7) is 5.52. The molecular formula is C34H36O4. The van der Waals surface area contributed by atoms with E-state index < -0.39 is 11.2 Å². The summed E-state index contributed by atoms with van der Waals surface area (Å²) >= 11 is 0. The molecule has 1 aliphatic rings. The molecule has 0 N–H and O–H groups in total. The molecule has 0 heterocycles. The van der Waals surface area contributed by atoms with Gasteiger partial charge in [0.25, 0.3) is 0 Å². The number of rotatable bonds is 10. The smallest absolute Gasteiger partial charge is 0.144 e. The molecule has 0 spiro atoms. The highest BCUT2D eigenvalue weighted by molar-refractivity contribution is 5.66. The van der Waals surface area contributed by atoms with Gasteiger partial charge in [0.2, 0.25) is 0 Å². The first-order valence-corrected chi connectivity index (χ1v) is 13.4. The maximum atomic E-state index is 6.99. The largest absolute Gasteiger partial charge is 0.497 e. The van der Waals surface area contributed by atoms with Gasteiger partial charge in [0, 0.05) is 13.2 Å². The molecule has 0 amide bonds. The average Bonchev–Trinajstić information content (AvgIpc) is 2.99. The Morgan fingerprint density at radius 1 is 0.474 bits per heavy atom. The third kappa shape index (κ3) is 4.09. The van der Waals surface area contributed by atoms with Crippen LogP contribution in [0.4, 0.5) is 0 Å². The normalized spacial score (nSPS) is 19.9. The van der Waals surface area contributed by atoms with Gasteiger partial charge >= 0.3 is 0 Å². The van der Waals surface area contributed by atoms with Gasteiger partial charge in [0.05, 0.1) is 14.2 Å². The molecule has 4 aromatic rings. The predicted molar refractivity (Wildman–Crippen MR) is 151 cm³/mol. The van der Waals surface area contributed by atoms with Crippen LogP contribution in [0.2, 0.25) is 0 Å². The third-order valence-electron chi connectivity index (χ3n) is 7.41. The van der Waals surface area contributed by atoms with Gasteiger partial charge in [0.1, 0.15) is 22.7 Å². The summed E-state index contributed by atoms with van der Waals surface area (Å²) in [4.78, 5) is 0. The minimum atomic E-state index is -0.805. The maximum Gasteiger partial charge on any atom is 0.144 e. The Labute approximate surface area is 226 Å². The lowest BCUT2D eigenvalue weighted by atomic mass is 9.63. The number of benzene rings is 4. The van der Waals surface area contributed by atoms with Crippen LogP contribution in [0.15, 0.2) is 97.1 Å². The second-order valence-corrected chi connectivity index (χ2v) is 9.61. The van der Waals surface area contributed by atoms with Crippen LogP contribution in [0, 0.1) is 0 Å². The molecule has 0 atom stereocenters. The first-order valence-electron chi connectivity index (χ1n) is 13.4. The molecule has 4 nitrogen and oxygen atoms in total. The second kappa shape index (κ2) is 11.0. The van der Waals surface area contributed by atoms with Crippen LogP contribution >= 0.6 is 0 Å². The summed E-state index contributed by atoms with van der Waals surface area (Å²) in [5.41, 5.74) is 4.86. The van der Waals surface area contributed by atoms with Crippen molar-refractivity contribution in [3.63, 3.8) is 0 Å². The van der Waals surface area contributed by atoms with Gasteiger partial charge in [-0.2, -0.15) is 0 Å². The summed E-state index contributed by atoms with van der Waals surface area (Å²) in [6, 6.07) is 33.7. The van der Waals surface area contributed by atoms with Crippen LogP contribution in [0.3, 0.4) is 0 Å². The Morgan fingerprint density at radius 3 is 1.05 bits per heavy atom. The van der Waals surface area contributed by atoms with Crippen molar-refractivity contribution in [1.29, 1.82) is 0 Å². The van der Waals surface area contributed by atoms with E-state index in [0.29, 0.717) is 13.2 Å². The monoisotopic (exact) mass is 508 g/mol. The summed E-state index contributed by atoms with van der Waals surface area (Å²) in [6.07, 6.45) is 1.80. The maximum absolute atomic E-state index is 6.99. The van der Waals surface area contributed by atoms with Gasteiger partial charge in [-0.05, 0) is 70.5 Å². The first-order chi connectivity index (χ1) is 18.6. The van der Waals surface area contributed by atoms with E-state index in [2.05, 4.69) is 86.6 Å². The lowest BCUT2D eigenvalue weighted by Crippen LogP contribution is -2.47. The zero-order valence-corrected chi connectivity index (χ0v) is 22.7. The van der Waals surface area contributed by atoms with Crippen LogP contribution in [0.25, 0.3) is 0 Å². The van der Waals surface area contributed by atoms with Gasteiger partial charge in [-0.3, -0.25) is 0 Å². The van der Waals surface area contributed by atoms with Crippen molar-refractivity contribution in [3.8, 4) is 11.5 Å².